The Bertz CT molecular complexity index is 3530. The first-order valence-electron chi connectivity index (χ1n) is 24.1. The molecule has 0 radical (unpaired) electrons. The molecule has 2 atom stereocenters. The Labute approximate surface area is 392 Å². The van der Waals surface area contributed by atoms with Gasteiger partial charge in [0.15, 0.2) is 0 Å². The minimum absolute atomic E-state index is 0.00234. The van der Waals surface area contributed by atoms with Crippen molar-refractivity contribution in [2.24, 2.45) is 0 Å². The van der Waals surface area contributed by atoms with Crippen molar-refractivity contribution < 1.29 is 0 Å². The Kier molecular flexibility index (Phi) is 8.21. The van der Waals surface area contributed by atoms with E-state index in [4.69, 9.17) is 0 Å². The molecule has 3 nitrogen and oxygen atoms in total. The van der Waals surface area contributed by atoms with Gasteiger partial charge < -0.3 is 14.7 Å². The van der Waals surface area contributed by atoms with Gasteiger partial charge in [-0.05, 0) is 155 Å². The van der Waals surface area contributed by atoms with Crippen molar-refractivity contribution in [1.29, 1.82) is 0 Å². The van der Waals surface area contributed by atoms with Gasteiger partial charge in [0, 0.05) is 55.5 Å². The minimum Gasteiger partial charge on any atom is -0.335 e. The third-order valence-corrected chi connectivity index (χ3v) is 17.7. The van der Waals surface area contributed by atoms with E-state index in [0.717, 1.165) is 24.2 Å². The Morgan fingerprint density at radius 2 is 1.42 bits per heavy atom. The molecule has 2 unspecified atom stereocenters. The van der Waals surface area contributed by atoms with Gasteiger partial charge in [0.2, 0.25) is 0 Å². The lowest BCUT2D eigenvalue weighted by Gasteiger charge is -2.52. The van der Waals surface area contributed by atoms with E-state index in [1.54, 1.807) is 5.56 Å². The van der Waals surface area contributed by atoms with Gasteiger partial charge >= 0.3 is 0 Å². The highest BCUT2D eigenvalue weighted by Crippen LogP contribution is 2.62. The number of rotatable bonds is 5. The third-order valence-electron chi connectivity index (χ3n) is 16.4. The third kappa shape index (κ3) is 5.26. The van der Waals surface area contributed by atoms with Crippen LogP contribution in [0.15, 0.2) is 170 Å². The summed E-state index contributed by atoms with van der Waals surface area (Å²) in [7, 11) is 0. The second-order valence-corrected chi connectivity index (χ2v) is 21.0. The van der Waals surface area contributed by atoms with E-state index < -0.39 is 0 Å². The molecule has 14 rings (SSSR count). The van der Waals surface area contributed by atoms with Gasteiger partial charge in [-0.3, -0.25) is 0 Å². The molecular weight excluding hydrogens is 818 g/mol. The van der Waals surface area contributed by atoms with Crippen molar-refractivity contribution in [3.63, 3.8) is 0 Å². The fourth-order valence-electron chi connectivity index (χ4n) is 13.1. The first-order chi connectivity index (χ1) is 32.4. The number of hydrogen-bond donors (Lipinski definition) is 0. The quantitative estimate of drug-likeness (QED) is 0.160. The van der Waals surface area contributed by atoms with Crippen molar-refractivity contribution >= 4 is 107 Å². The molecule has 0 N–H and O–H groups in total. The number of para-hydroxylation sites is 2. The van der Waals surface area contributed by atoms with Gasteiger partial charge in [-0.25, -0.2) is 0 Å². The molecule has 66 heavy (non-hydrogen) atoms. The maximum absolute atomic E-state index is 2.84. The molecule has 0 amide bonds. The summed E-state index contributed by atoms with van der Waals surface area (Å²) in [5.74, 6) is 0. The molecular formula is C61H50BN3S. The second-order valence-electron chi connectivity index (χ2n) is 19.9. The summed E-state index contributed by atoms with van der Waals surface area (Å²) in [6.45, 7) is 7.56. The summed E-state index contributed by atoms with van der Waals surface area (Å²) >= 11 is 1.98. The van der Waals surface area contributed by atoms with Crippen LogP contribution in [0.2, 0.25) is 0 Å². The van der Waals surface area contributed by atoms with E-state index in [1.807, 2.05) is 11.3 Å². The van der Waals surface area contributed by atoms with Crippen LogP contribution in [0.3, 0.4) is 0 Å². The first kappa shape index (κ1) is 38.5. The minimum atomic E-state index is -0.00234. The summed E-state index contributed by atoms with van der Waals surface area (Å²) in [6, 6.07) is 62.5. The van der Waals surface area contributed by atoms with Gasteiger partial charge in [0.1, 0.15) is 0 Å². The van der Waals surface area contributed by atoms with E-state index in [2.05, 4.69) is 211 Å². The van der Waals surface area contributed by atoms with Crippen LogP contribution < -0.4 is 31.1 Å². The average molecular weight is 868 g/mol. The lowest BCUT2D eigenvalue weighted by molar-refractivity contribution is 0.195. The standard InChI is InChI=1S/C61H50BN3S/c1-39-34-54-57-55(35-39)65-58-49(60(2)32-11-12-33-61(60,65)3)24-15-25-51(58)62(57)50-31-30-46(38-53(50)64(54)44-19-5-4-6-20-44)63(52-26-14-23-48-47-22-9-10-27-56(47)66-59(48)52)45-21-13-18-42(37-45)43-29-28-40-16-7-8-17-41(40)36-43/h4-9,13-26,28-31,34-38H,10-12,27,32-33H2,1-3H3. The topological polar surface area (TPSA) is 9.72 Å². The van der Waals surface area contributed by atoms with Gasteiger partial charge in [0.25, 0.3) is 6.71 Å². The van der Waals surface area contributed by atoms with Crippen LogP contribution in [0.5, 0.6) is 0 Å². The molecule has 0 bridgehead atoms. The zero-order valence-electron chi connectivity index (χ0n) is 37.8. The molecule has 0 saturated heterocycles. The van der Waals surface area contributed by atoms with Crippen LogP contribution in [0.4, 0.5) is 45.5 Å². The van der Waals surface area contributed by atoms with Crippen molar-refractivity contribution in [2.45, 2.75) is 70.3 Å². The lowest BCUT2D eigenvalue weighted by Crippen LogP contribution is -2.64. The van der Waals surface area contributed by atoms with Gasteiger partial charge in [0.05, 0.1) is 15.9 Å². The molecule has 2 aliphatic carbocycles. The number of hydrogen-bond acceptors (Lipinski definition) is 4. The van der Waals surface area contributed by atoms with Crippen molar-refractivity contribution in [3.8, 4) is 11.1 Å². The van der Waals surface area contributed by atoms with Crippen LogP contribution in [0.25, 0.3) is 38.1 Å². The Balaban J connectivity index is 1.02. The highest BCUT2D eigenvalue weighted by atomic mass is 32.1. The van der Waals surface area contributed by atoms with Crippen molar-refractivity contribution in [3.05, 3.63) is 191 Å². The highest BCUT2D eigenvalue weighted by molar-refractivity contribution is 7.20. The molecule has 9 aromatic rings. The number of benzene rings is 8. The number of nitrogens with zero attached hydrogens (tertiary/aromatic N) is 3. The molecule has 5 heteroatoms. The van der Waals surface area contributed by atoms with E-state index in [-0.39, 0.29) is 17.7 Å². The Morgan fingerprint density at radius 1 is 0.636 bits per heavy atom. The number of aryl methyl sites for hydroxylation is 2. The maximum Gasteiger partial charge on any atom is 0.252 e. The van der Waals surface area contributed by atoms with Crippen LogP contribution >= 0.6 is 11.3 Å². The average Bonchev–Trinajstić information content (AvgIpc) is 3.84. The fraction of sp³-hybridized carbons (Fsp3) is 0.180. The predicted octanol–water partition coefficient (Wildman–Crippen LogP) is 14.8. The summed E-state index contributed by atoms with van der Waals surface area (Å²) in [5, 5.41) is 3.85. The van der Waals surface area contributed by atoms with Gasteiger partial charge in [-0.2, -0.15) is 0 Å². The maximum atomic E-state index is 2.84. The van der Waals surface area contributed by atoms with Crippen LogP contribution in [0.1, 0.15) is 67.5 Å². The zero-order valence-corrected chi connectivity index (χ0v) is 38.6. The molecule has 8 aromatic carbocycles. The molecule has 3 aliphatic heterocycles. The van der Waals surface area contributed by atoms with Crippen LogP contribution in [0, 0.1) is 6.92 Å². The Morgan fingerprint density at radius 3 is 2.33 bits per heavy atom. The van der Waals surface area contributed by atoms with Gasteiger partial charge in [-0.1, -0.05) is 135 Å². The summed E-state index contributed by atoms with van der Waals surface area (Å²) in [5.41, 5.74) is 21.1. The number of anilines is 8. The fourth-order valence-corrected chi connectivity index (χ4v) is 14.5. The zero-order chi connectivity index (χ0) is 43.9. The number of thiophene rings is 1. The number of fused-ring (bicyclic) bond motifs is 11. The van der Waals surface area contributed by atoms with Crippen molar-refractivity contribution in [1.82, 2.24) is 0 Å². The SMILES string of the molecule is Cc1cc2c3c(c1)N1c4c(cccc4C4(C)CCCCC14C)B3c1ccc(N(c3cccc(-c4ccc5ccccc5c4)c3)c3cccc4c5c(sc34)CCC=C5)cc1N2c1ccccc1. The smallest absolute Gasteiger partial charge is 0.252 e. The van der Waals surface area contributed by atoms with E-state index >= 15 is 0 Å². The van der Waals surface area contributed by atoms with Crippen LogP contribution in [-0.4, -0.2) is 12.3 Å². The van der Waals surface area contributed by atoms with Crippen LogP contribution in [-0.2, 0) is 11.8 Å². The summed E-state index contributed by atoms with van der Waals surface area (Å²) in [6.07, 6.45) is 11.9. The Hall–Kier alpha value is -6.82. The molecule has 1 fully saturated rings. The van der Waals surface area contributed by atoms with E-state index in [9.17, 15) is 0 Å². The normalized spacial score (nSPS) is 19.7. The monoisotopic (exact) mass is 867 g/mol. The molecule has 4 heterocycles. The summed E-state index contributed by atoms with van der Waals surface area (Å²) in [4.78, 5) is 9.46. The molecule has 5 aliphatic rings. The van der Waals surface area contributed by atoms with Gasteiger partial charge in [-0.15, -0.1) is 11.3 Å². The molecule has 1 aromatic heterocycles. The summed E-state index contributed by atoms with van der Waals surface area (Å²) < 4.78 is 1.34. The largest absolute Gasteiger partial charge is 0.335 e. The molecule has 1 saturated carbocycles. The second kappa shape index (κ2) is 14.1. The number of allylic oxidation sites excluding steroid dienone is 1. The van der Waals surface area contributed by atoms with E-state index in [1.165, 1.54) is 124 Å². The van der Waals surface area contributed by atoms with E-state index in [0.29, 0.717) is 0 Å². The first-order valence-corrected chi connectivity index (χ1v) is 24.9. The molecule has 0 spiro atoms. The molecule has 318 valence electrons. The lowest BCUT2D eigenvalue weighted by atomic mass is 9.33. The predicted molar refractivity (Wildman–Crippen MR) is 284 cm³/mol. The van der Waals surface area contributed by atoms with Crippen molar-refractivity contribution in [2.75, 3.05) is 14.7 Å². The highest BCUT2D eigenvalue weighted by Gasteiger charge is 2.61.